The van der Waals surface area contributed by atoms with E-state index in [0.29, 0.717) is 18.7 Å². The smallest absolute Gasteiger partial charge is 0.0833 e. The van der Waals surface area contributed by atoms with E-state index >= 15 is 0 Å². The summed E-state index contributed by atoms with van der Waals surface area (Å²) in [5.74, 6) is 0.766. The second-order valence-corrected chi connectivity index (χ2v) is 6.73. The Bertz CT molecular complexity index is 244. The second kappa shape index (κ2) is 5.91. The molecule has 1 aliphatic carbocycles. The number of ether oxygens (including phenoxy) is 1. The van der Waals surface area contributed by atoms with Gasteiger partial charge in [-0.25, -0.2) is 0 Å². The van der Waals surface area contributed by atoms with Crippen LogP contribution in [0.25, 0.3) is 0 Å². The summed E-state index contributed by atoms with van der Waals surface area (Å²) in [4.78, 5) is 0. The van der Waals surface area contributed by atoms with Crippen molar-refractivity contribution in [3.05, 3.63) is 0 Å². The van der Waals surface area contributed by atoms with Crippen LogP contribution in [0, 0.1) is 5.41 Å². The molecule has 0 spiro atoms. The molecular weight excluding hydrogens is 234 g/mol. The summed E-state index contributed by atoms with van der Waals surface area (Å²) in [7, 11) is 0. The number of hydrogen-bond donors (Lipinski definition) is 2. The minimum absolute atomic E-state index is 0.172. The molecule has 1 saturated carbocycles. The molecule has 0 aliphatic heterocycles. The maximum Gasteiger partial charge on any atom is 0.0833 e. The van der Waals surface area contributed by atoms with Crippen molar-refractivity contribution in [3.8, 4) is 0 Å². The SMILES string of the molecule is CCOC1CC(NCC(C)(O)CSC)C1(C)C. The van der Waals surface area contributed by atoms with Crippen molar-refractivity contribution in [1.82, 2.24) is 5.32 Å². The summed E-state index contributed by atoms with van der Waals surface area (Å²) in [6.07, 6.45) is 3.43. The van der Waals surface area contributed by atoms with E-state index in [2.05, 4.69) is 19.2 Å². The number of rotatable bonds is 7. The summed E-state index contributed by atoms with van der Waals surface area (Å²) in [5.41, 5.74) is -0.447. The quantitative estimate of drug-likeness (QED) is 0.734. The lowest BCUT2D eigenvalue weighted by Gasteiger charge is -2.52. The van der Waals surface area contributed by atoms with Crippen LogP contribution in [0.3, 0.4) is 0 Å². The van der Waals surface area contributed by atoms with Gasteiger partial charge in [-0.15, -0.1) is 0 Å². The summed E-state index contributed by atoms with van der Waals surface area (Å²) < 4.78 is 5.70. The molecule has 17 heavy (non-hydrogen) atoms. The van der Waals surface area contributed by atoms with Crippen molar-refractivity contribution in [1.29, 1.82) is 0 Å². The molecule has 0 bridgehead atoms. The largest absolute Gasteiger partial charge is 0.388 e. The maximum absolute atomic E-state index is 10.1. The molecule has 0 aromatic heterocycles. The van der Waals surface area contributed by atoms with Crippen LogP contribution in [-0.2, 0) is 4.74 Å². The van der Waals surface area contributed by atoms with E-state index in [-0.39, 0.29) is 5.41 Å². The zero-order chi connectivity index (χ0) is 13.1. The fourth-order valence-corrected chi connectivity index (χ4v) is 3.14. The Labute approximate surface area is 110 Å². The zero-order valence-electron chi connectivity index (χ0n) is 11.7. The molecule has 0 aromatic carbocycles. The Morgan fingerprint density at radius 3 is 2.65 bits per heavy atom. The molecule has 0 radical (unpaired) electrons. The Hall–Kier alpha value is 0.230. The van der Waals surface area contributed by atoms with Gasteiger partial charge in [-0.3, -0.25) is 0 Å². The summed E-state index contributed by atoms with van der Waals surface area (Å²) >= 11 is 1.68. The predicted molar refractivity (Wildman–Crippen MR) is 74.6 cm³/mol. The van der Waals surface area contributed by atoms with Crippen molar-refractivity contribution in [2.45, 2.75) is 51.9 Å². The standard InChI is InChI=1S/C13H27NO2S/c1-6-16-11-7-10(12(11,2)3)14-8-13(4,15)9-17-5/h10-11,14-15H,6-9H2,1-5H3. The predicted octanol–water partition coefficient (Wildman–Crippen LogP) is 1.89. The number of thioether (sulfide) groups is 1. The highest BCUT2D eigenvalue weighted by atomic mass is 32.2. The molecule has 0 saturated heterocycles. The van der Waals surface area contributed by atoms with E-state index in [0.717, 1.165) is 18.8 Å². The van der Waals surface area contributed by atoms with Crippen molar-refractivity contribution < 1.29 is 9.84 Å². The van der Waals surface area contributed by atoms with Gasteiger partial charge in [0.1, 0.15) is 0 Å². The topological polar surface area (TPSA) is 41.5 Å². The first-order valence-electron chi connectivity index (χ1n) is 6.40. The average molecular weight is 261 g/mol. The Morgan fingerprint density at radius 1 is 1.53 bits per heavy atom. The van der Waals surface area contributed by atoms with Gasteiger partial charge in [0.2, 0.25) is 0 Å². The maximum atomic E-state index is 10.1. The van der Waals surface area contributed by atoms with Gasteiger partial charge in [0.15, 0.2) is 0 Å². The van der Waals surface area contributed by atoms with E-state index < -0.39 is 5.60 Å². The molecule has 3 unspecified atom stereocenters. The molecule has 0 amide bonds. The zero-order valence-corrected chi connectivity index (χ0v) is 12.6. The summed E-state index contributed by atoms with van der Waals surface area (Å²) in [6, 6.07) is 0.451. The first-order chi connectivity index (χ1) is 7.83. The fourth-order valence-electron chi connectivity index (χ4n) is 2.42. The number of nitrogens with one attached hydrogen (secondary N) is 1. The average Bonchev–Trinajstić information content (AvgIpc) is 2.22. The van der Waals surface area contributed by atoms with Crippen LogP contribution in [0.2, 0.25) is 0 Å². The lowest BCUT2D eigenvalue weighted by molar-refractivity contribution is -0.117. The Morgan fingerprint density at radius 2 is 2.18 bits per heavy atom. The van der Waals surface area contributed by atoms with Gasteiger partial charge in [-0.2, -0.15) is 11.8 Å². The van der Waals surface area contributed by atoms with Crippen LogP contribution in [-0.4, -0.2) is 48.0 Å². The molecule has 1 aliphatic rings. The van der Waals surface area contributed by atoms with Crippen LogP contribution < -0.4 is 5.32 Å². The van der Waals surface area contributed by atoms with Gasteiger partial charge < -0.3 is 15.2 Å². The summed E-state index contributed by atoms with van der Waals surface area (Å²) in [6.45, 7) is 9.84. The number of hydrogen-bond acceptors (Lipinski definition) is 4. The van der Waals surface area contributed by atoms with Crippen LogP contribution in [0.15, 0.2) is 0 Å². The number of aliphatic hydroxyl groups is 1. The molecular formula is C13H27NO2S. The molecule has 3 nitrogen and oxygen atoms in total. The lowest BCUT2D eigenvalue weighted by Crippen LogP contribution is -2.62. The molecule has 4 heteroatoms. The van der Waals surface area contributed by atoms with Gasteiger partial charge in [0.25, 0.3) is 0 Å². The highest BCUT2D eigenvalue weighted by Crippen LogP contribution is 2.42. The molecule has 3 atom stereocenters. The van der Waals surface area contributed by atoms with E-state index in [1.54, 1.807) is 11.8 Å². The van der Waals surface area contributed by atoms with Crippen LogP contribution in [0.5, 0.6) is 0 Å². The third-order valence-electron chi connectivity index (χ3n) is 3.73. The van der Waals surface area contributed by atoms with Gasteiger partial charge in [-0.05, 0) is 26.5 Å². The van der Waals surface area contributed by atoms with Gasteiger partial charge >= 0.3 is 0 Å². The van der Waals surface area contributed by atoms with E-state index in [1.165, 1.54) is 0 Å². The first-order valence-corrected chi connectivity index (χ1v) is 7.79. The van der Waals surface area contributed by atoms with Crippen molar-refractivity contribution in [2.24, 2.45) is 5.41 Å². The molecule has 0 aromatic rings. The van der Waals surface area contributed by atoms with Crippen molar-refractivity contribution >= 4 is 11.8 Å². The van der Waals surface area contributed by atoms with E-state index in [1.807, 2.05) is 20.1 Å². The fraction of sp³-hybridized carbons (Fsp3) is 1.00. The Balaban J connectivity index is 2.35. The molecule has 102 valence electrons. The summed E-state index contributed by atoms with van der Waals surface area (Å²) in [5, 5.41) is 13.6. The highest BCUT2D eigenvalue weighted by Gasteiger charge is 2.48. The minimum atomic E-state index is -0.619. The normalized spacial score (nSPS) is 30.7. The molecule has 2 N–H and O–H groups in total. The monoisotopic (exact) mass is 261 g/mol. The van der Waals surface area contributed by atoms with Gasteiger partial charge in [-0.1, -0.05) is 13.8 Å². The molecule has 1 rings (SSSR count). The Kier molecular flexibility index (Phi) is 5.32. The van der Waals surface area contributed by atoms with E-state index in [9.17, 15) is 5.11 Å². The van der Waals surface area contributed by atoms with Gasteiger partial charge in [0.05, 0.1) is 11.7 Å². The lowest BCUT2D eigenvalue weighted by atomic mass is 9.64. The van der Waals surface area contributed by atoms with Gasteiger partial charge in [0, 0.05) is 30.4 Å². The molecule has 1 fully saturated rings. The highest BCUT2D eigenvalue weighted by molar-refractivity contribution is 7.98. The van der Waals surface area contributed by atoms with Crippen molar-refractivity contribution in [3.63, 3.8) is 0 Å². The van der Waals surface area contributed by atoms with Crippen LogP contribution in [0.1, 0.15) is 34.1 Å². The minimum Gasteiger partial charge on any atom is -0.388 e. The van der Waals surface area contributed by atoms with E-state index in [4.69, 9.17) is 4.74 Å². The van der Waals surface area contributed by atoms with Crippen LogP contribution >= 0.6 is 11.8 Å². The third kappa shape index (κ3) is 3.85. The second-order valence-electron chi connectivity index (χ2n) is 5.86. The molecule has 0 heterocycles. The van der Waals surface area contributed by atoms with Crippen molar-refractivity contribution in [2.75, 3.05) is 25.2 Å². The first kappa shape index (κ1) is 15.3. The third-order valence-corrected chi connectivity index (χ3v) is 4.64. The van der Waals surface area contributed by atoms with Crippen LogP contribution in [0.4, 0.5) is 0 Å².